The maximum atomic E-state index is 10.5. The summed E-state index contributed by atoms with van der Waals surface area (Å²) in [5, 5.41) is 20.5. The Morgan fingerprint density at radius 3 is 2.62 bits per heavy atom. The first-order valence-electron chi connectivity index (χ1n) is 10.1. The molecule has 1 aliphatic rings. The van der Waals surface area contributed by atoms with Gasteiger partial charge in [0.2, 0.25) is 0 Å². The van der Waals surface area contributed by atoms with Crippen LogP contribution in [-0.4, -0.2) is 47.5 Å². The number of likely N-dealkylation sites (tertiary alicyclic amines) is 1. The van der Waals surface area contributed by atoms with Gasteiger partial charge in [-0.1, -0.05) is 33.3 Å². The molecular weight excluding hydrogens is 326 g/mol. The molecule has 0 saturated carbocycles. The van der Waals surface area contributed by atoms with Gasteiger partial charge in [-0.05, 0) is 55.4 Å². The number of piperidine rings is 1. The number of nitrogens with zero attached hydrogens (tertiary/aromatic N) is 1. The van der Waals surface area contributed by atoms with E-state index in [0.29, 0.717) is 12.5 Å². The molecular formula is C22H37NO3. The van der Waals surface area contributed by atoms with E-state index >= 15 is 0 Å². The minimum atomic E-state index is -0.406. The van der Waals surface area contributed by atoms with Crippen LogP contribution in [0.5, 0.6) is 5.75 Å². The van der Waals surface area contributed by atoms with Crippen LogP contribution in [0.25, 0.3) is 0 Å². The van der Waals surface area contributed by atoms with Crippen molar-refractivity contribution in [1.29, 1.82) is 0 Å². The lowest BCUT2D eigenvalue weighted by Gasteiger charge is -2.45. The predicted octanol–water partition coefficient (Wildman–Crippen LogP) is 3.86. The van der Waals surface area contributed by atoms with E-state index in [1.54, 1.807) is 0 Å². The quantitative estimate of drug-likeness (QED) is 0.736. The molecule has 0 aromatic heterocycles. The fraction of sp³-hybridized carbons (Fsp3) is 0.727. The van der Waals surface area contributed by atoms with E-state index in [9.17, 15) is 10.2 Å². The van der Waals surface area contributed by atoms with Gasteiger partial charge >= 0.3 is 0 Å². The van der Waals surface area contributed by atoms with Crippen molar-refractivity contribution in [1.82, 2.24) is 4.90 Å². The van der Waals surface area contributed by atoms with E-state index in [2.05, 4.69) is 44.7 Å². The third-order valence-corrected chi connectivity index (χ3v) is 5.81. The Morgan fingerprint density at radius 2 is 2.04 bits per heavy atom. The van der Waals surface area contributed by atoms with Crippen LogP contribution in [0.2, 0.25) is 0 Å². The molecule has 2 N–H and O–H groups in total. The minimum Gasteiger partial charge on any atom is -0.494 e. The summed E-state index contributed by atoms with van der Waals surface area (Å²) in [6.45, 7) is 13.9. The van der Waals surface area contributed by atoms with Gasteiger partial charge in [-0.15, -0.1) is 0 Å². The SMILES string of the molecule is CCC[C@@]1(CO)CN(Cc2cc(C(C)C)c(OCC)cc2C)CC[C@@H]1O. The van der Waals surface area contributed by atoms with Crippen molar-refractivity contribution in [2.24, 2.45) is 5.41 Å². The summed E-state index contributed by atoms with van der Waals surface area (Å²) >= 11 is 0. The van der Waals surface area contributed by atoms with Crippen LogP contribution in [0.4, 0.5) is 0 Å². The first-order valence-corrected chi connectivity index (χ1v) is 10.1. The number of hydrogen-bond acceptors (Lipinski definition) is 4. The van der Waals surface area contributed by atoms with Gasteiger partial charge in [-0.3, -0.25) is 4.90 Å². The molecule has 0 unspecified atom stereocenters. The van der Waals surface area contributed by atoms with Crippen molar-refractivity contribution in [3.8, 4) is 5.75 Å². The number of hydrogen-bond donors (Lipinski definition) is 2. The second-order valence-electron chi connectivity index (χ2n) is 8.19. The summed E-state index contributed by atoms with van der Waals surface area (Å²) in [6, 6.07) is 4.45. The van der Waals surface area contributed by atoms with E-state index in [4.69, 9.17) is 4.74 Å². The molecule has 0 amide bonds. The molecule has 4 heteroatoms. The molecule has 148 valence electrons. The van der Waals surface area contributed by atoms with Crippen LogP contribution < -0.4 is 4.74 Å². The summed E-state index contributed by atoms with van der Waals surface area (Å²) in [5.41, 5.74) is 3.44. The van der Waals surface area contributed by atoms with Crippen LogP contribution >= 0.6 is 0 Å². The average Bonchev–Trinajstić information content (AvgIpc) is 2.60. The summed E-state index contributed by atoms with van der Waals surface area (Å²) in [4.78, 5) is 2.39. The molecule has 0 aliphatic carbocycles. The van der Waals surface area contributed by atoms with Crippen LogP contribution in [0, 0.1) is 12.3 Å². The van der Waals surface area contributed by atoms with Gasteiger partial charge in [-0.2, -0.15) is 0 Å². The normalized spacial score (nSPS) is 24.2. The first-order chi connectivity index (χ1) is 12.4. The van der Waals surface area contributed by atoms with Crippen molar-refractivity contribution in [3.05, 3.63) is 28.8 Å². The zero-order valence-corrected chi connectivity index (χ0v) is 17.2. The molecule has 1 aromatic rings. The van der Waals surface area contributed by atoms with Gasteiger partial charge in [0.15, 0.2) is 0 Å². The zero-order valence-electron chi connectivity index (χ0n) is 17.2. The first kappa shape index (κ1) is 21.2. The Labute approximate surface area is 159 Å². The molecule has 1 saturated heterocycles. The van der Waals surface area contributed by atoms with Crippen molar-refractivity contribution in [3.63, 3.8) is 0 Å². The van der Waals surface area contributed by atoms with Gasteiger partial charge in [0.25, 0.3) is 0 Å². The van der Waals surface area contributed by atoms with Crippen molar-refractivity contribution in [2.45, 2.75) is 72.4 Å². The maximum absolute atomic E-state index is 10.5. The molecule has 1 aromatic carbocycles. The van der Waals surface area contributed by atoms with E-state index in [1.165, 1.54) is 16.7 Å². The highest BCUT2D eigenvalue weighted by Gasteiger charge is 2.41. The molecule has 2 rings (SSSR count). The summed E-state index contributed by atoms with van der Waals surface area (Å²) in [6.07, 6.45) is 2.16. The van der Waals surface area contributed by atoms with Gasteiger partial charge in [0.05, 0.1) is 19.3 Å². The number of rotatable bonds is 8. The summed E-state index contributed by atoms with van der Waals surface area (Å²) < 4.78 is 5.84. The molecule has 0 spiro atoms. The predicted molar refractivity (Wildman–Crippen MR) is 107 cm³/mol. The second kappa shape index (κ2) is 9.20. The van der Waals surface area contributed by atoms with Gasteiger partial charge in [0.1, 0.15) is 5.75 Å². The number of aliphatic hydroxyl groups excluding tert-OH is 2. The molecule has 1 aliphatic heterocycles. The highest BCUT2D eigenvalue weighted by atomic mass is 16.5. The highest BCUT2D eigenvalue weighted by Crippen LogP contribution is 2.36. The van der Waals surface area contributed by atoms with Crippen molar-refractivity contribution >= 4 is 0 Å². The third kappa shape index (κ3) is 4.59. The largest absolute Gasteiger partial charge is 0.494 e. The van der Waals surface area contributed by atoms with Crippen LogP contribution in [0.3, 0.4) is 0 Å². The topological polar surface area (TPSA) is 52.9 Å². The van der Waals surface area contributed by atoms with Crippen molar-refractivity contribution < 1.29 is 14.9 Å². The van der Waals surface area contributed by atoms with Gasteiger partial charge in [0, 0.05) is 25.0 Å². The van der Waals surface area contributed by atoms with Crippen LogP contribution in [-0.2, 0) is 6.54 Å². The number of benzene rings is 1. The smallest absolute Gasteiger partial charge is 0.123 e. The highest BCUT2D eigenvalue weighted by molar-refractivity contribution is 5.44. The standard InChI is InChI=1S/C22H37NO3/c1-6-9-22(15-24)14-23(10-8-21(22)25)13-18-12-19(16(3)4)20(26-7-2)11-17(18)5/h11-12,16,21,24-25H,6-10,13-15H2,1-5H3/t21-,22-/m0/s1. The second-order valence-corrected chi connectivity index (χ2v) is 8.19. The number of ether oxygens (including phenoxy) is 1. The van der Waals surface area contributed by atoms with E-state index < -0.39 is 6.10 Å². The summed E-state index contributed by atoms with van der Waals surface area (Å²) in [5.74, 6) is 1.41. The van der Waals surface area contributed by atoms with E-state index in [-0.39, 0.29) is 12.0 Å². The van der Waals surface area contributed by atoms with Gasteiger partial charge < -0.3 is 14.9 Å². The fourth-order valence-corrected chi connectivity index (χ4v) is 4.24. The Hall–Kier alpha value is -1.10. The van der Waals surface area contributed by atoms with E-state index in [0.717, 1.165) is 44.6 Å². The van der Waals surface area contributed by atoms with Crippen LogP contribution in [0.1, 0.15) is 69.6 Å². The Morgan fingerprint density at radius 1 is 1.31 bits per heavy atom. The maximum Gasteiger partial charge on any atom is 0.123 e. The molecule has 0 radical (unpaired) electrons. The minimum absolute atomic E-state index is 0.0536. The average molecular weight is 364 g/mol. The number of aliphatic hydroxyl groups is 2. The molecule has 0 bridgehead atoms. The number of aryl methyl sites for hydroxylation is 1. The Kier molecular flexibility index (Phi) is 7.51. The summed E-state index contributed by atoms with van der Waals surface area (Å²) in [7, 11) is 0. The lowest BCUT2D eigenvalue weighted by atomic mass is 9.74. The lowest BCUT2D eigenvalue weighted by Crippen LogP contribution is -2.53. The lowest BCUT2D eigenvalue weighted by molar-refractivity contribution is -0.0820. The van der Waals surface area contributed by atoms with Crippen LogP contribution in [0.15, 0.2) is 12.1 Å². The van der Waals surface area contributed by atoms with Gasteiger partial charge in [-0.25, -0.2) is 0 Å². The van der Waals surface area contributed by atoms with Crippen molar-refractivity contribution in [2.75, 3.05) is 26.3 Å². The third-order valence-electron chi connectivity index (χ3n) is 5.81. The Bertz CT molecular complexity index is 587. The molecule has 2 atom stereocenters. The zero-order chi connectivity index (χ0) is 19.3. The van der Waals surface area contributed by atoms with E-state index in [1.807, 2.05) is 6.92 Å². The fourth-order valence-electron chi connectivity index (χ4n) is 4.24. The Balaban J connectivity index is 2.23. The monoisotopic (exact) mass is 363 g/mol. The molecule has 1 fully saturated rings. The molecule has 26 heavy (non-hydrogen) atoms. The molecule has 1 heterocycles. The molecule has 4 nitrogen and oxygen atoms in total.